The van der Waals surface area contributed by atoms with Gasteiger partial charge >= 0.3 is 0 Å². The van der Waals surface area contributed by atoms with Crippen LogP contribution in [0.2, 0.25) is 0 Å². The van der Waals surface area contributed by atoms with Gasteiger partial charge in [0.25, 0.3) is 0 Å². The molecule has 1 aliphatic heterocycles. The fourth-order valence-corrected chi connectivity index (χ4v) is 3.68. The van der Waals surface area contributed by atoms with Crippen LogP contribution in [-0.4, -0.2) is 6.79 Å². The normalized spacial score (nSPS) is 20.4. The zero-order valence-corrected chi connectivity index (χ0v) is 12.2. The first-order chi connectivity index (χ1) is 8.65. The number of halogens is 1. The second kappa shape index (κ2) is 4.42. The van der Waals surface area contributed by atoms with Gasteiger partial charge in [0.05, 0.1) is 4.47 Å². The Bertz CT molecular complexity index is 481. The van der Waals surface area contributed by atoms with E-state index in [0.29, 0.717) is 6.79 Å². The molecule has 0 saturated heterocycles. The summed E-state index contributed by atoms with van der Waals surface area (Å²) in [6.07, 6.45) is 5.48. The first kappa shape index (κ1) is 12.3. The van der Waals surface area contributed by atoms with Crippen molar-refractivity contribution in [3.8, 4) is 11.5 Å². The van der Waals surface area contributed by atoms with Gasteiger partial charge in [-0.2, -0.15) is 0 Å². The molecule has 3 nitrogen and oxygen atoms in total. The van der Waals surface area contributed by atoms with Crippen LogP contribution < -0.4 is 15.2 Å². The number of nitrogens with two attached hydrogens (primary N) is 1. The lowest BCUT2D eigenvalue weighted by Gasteiger charge is -2.28. The minimum absolute atomic E-state index is 0.186. The lowest BCUT2D eigenvalue weighted by atomic mass is 9.84. The highest BCUT2D eigenvalue weighted by atomic mass is 79.9. The van der Waals surface area contributed by atoms with E-state index >= 15 is 0 Å². The summed E-state index contributed by atoms with van der Waals surface area (Å²) in [6.45, 7) is 2.45. The highest BCUT2D eigenvalue weighted by Crippen LogP contribution is 2.48. The average Bonchev–Trinajstić information content (AvgIpc) is 2.98. The van der Waals surface area contributed by atoms with E-state index in [2.05, 4.69) is 28.9 Å². The highest BCUT2D eigenvalue weighted by molar-refractivity contribution is 9.10. The molecule has 0 spiro atoms. The summed E-state index contributed by atoms with van der Waals surface area (Å²) in [5.74, 6) is 1.72. The molecule has 0 radical (unpaired) electrons. The lowest BCUT2D eigenvalue weighted by molar-refractivity contribution is 0.172. The van der Waals surface area contributed by atoms with Gasteiger partial charge in [0, 0.05) is 11.1 Å². The van der Waals surface area contributed by atoms with Crippen LogP contribution in [0.3, 0.4) is 0 Å². The predicted molar refractivity (Wildman–Crippen MR) is 74.0 cm³/mol. The van der Waals surface area contributed by atoms with Crippen LogP contribution in [0.1, 0.15) is 43.7 Å². The number of rotatable bonds is 2. The summed E-state index contributed by atoms with van der Waals surface area (Å²) in [7, 11) is 0. The maximum absolute atomic E-state index is 6.60. The Morgan fingerprint density at radius 1 is 1.28 bits per heavy atom. The van der Waals surface area contributed by atoms with Crippen molar-refractivity contribution in [2.75, 3.05) is 6.79 Å². The van der Waals surface area contributed by atoms with Crippen LogP contribution in [0.25, 0.3) is 0 Å². The Hall–Kier alpha value is -0.740. The molecule has 2 N–H and O–H groups in total. The highest BCUT2D eigenvalue weighted by Gasteiger charge is 2.36. The maximum atomic E-state index is 6.60. The molecule has 1 aromatic rings. The molecule has 1 heterocycles. The van der Waals surface area contributed by atoms with Crippen molar-refractivity contribution in [1.82, 2.24) is 0 Å². The summed E-state index contributed by atoms with van der Waals surface area (Å²) in [5, 5.41) is 0. The van der Waals surface area contributed by atoms with Crippen molar-refractivity contribution < 1.29 is 9.47 Å². The van der Waals surface area contributed by atoms with Crippen LogP contribution >= 0.6 is 15.9 Å². The fraction of sp³-hybridized carbons (Fsp3) is 0.571. The van der Waals surface area contributed by atoms with Gasteiger partial charge in [-0.15, -0.1) is 0 Å². The van der Waals surface area contributed by atoms with Crippen molar-refractivity contribution in [3.05, 3.63) is 21.7 Å². The molecule has 18 heavy (non-hydrogen) atoms. The second-order valence-corrected chi connectivity index (χ2v) is 6.02. The molecule has 1 saturated carbocycles. The summed E-state index contributed by atoms with van der Waals surface area (Å²) in [4.78, 5) is 0. The van der Waals surface area contributed by atoms with Crippen molar-refractivity contribution in [2.45, 2.75) is 44.6 Å². The predicted octanol–water partition coefficient (Wildman–Crippen LogP) is 3.47. The maximum Gasteiger partial charge on any atom is 0.231 e. The molecule has 0 bridgehead atoms. The van der Waals surface area contributed by atoms with E-state index in [1.807, 2.05) is 0 Å². The molecule has 0 aromatic heterocycles. The molecular formula is C14H18BrNO2. The lowest BCUT2D eigenvalue weighted by Crippen LogP contribution is -2.34. The third kappa shape index (κ3) is 1.74. The first-order valence-corrected chi connectivity index (χ1v) is 7.35. The number of hydrogen-bond donors (Lipinski definition) is 1. The smallest absolute Gasteiger partial charge is 0.231 e. The molecule has 4 heteroatoms. The summed E-state index contributed by atoms with van der Waals surface area (Å²) in [6, 6.07) is 2.14. The quantitative estimate of drug-likeness (QED) is 0.909. The van der Waals surface area contributed by atoms with Gasteiger partial charge < -0.3 is 15.2 Å². The molecule has 0 amide bonds. The third-order valence-corrected chi connectivity index (χ3v) is 4.67. The van der Waals surface area contributed by atoms with E-state index in [-0.39, 0.29) is 5.54 Å². The Morgan fingerprint density at radius 3 is 2.61 bits per heavy atom. The molecular weight excluding hydrogens is 294 g/mol. The number of hydrogen-bond acceptors (Lipinski definition) is 3. The number of fused-ring (bicyclic) bond motifs is 1. The molecule has 98 valence electrons. The average molecular weight is 312 g/mol. The molecule has 0 atom stereocenters. The Labute approximate surface area is 116 Å². The minimum atomic E-state index is -0.186. The van der Waals surface area contributed by atoms with Gasteiger partial charge in [-0.05, 0) is 46.8 Å². The van der Waals surface area contributed by atoms with Crippen LogP contribution in [-0.2, 0) is 12.0 Å². The monoisotopic (exact) mass is 311 g/mol. The molecule has 1 aromatic carbocycles. The van der Waals surface area contributed by atoms with E-state index in [1.54, 1.807) is 0 Å². The summed E-state index contributed by atoms with van der Waals surface area (Å²) in [5.41, 5.74) is 8.87. The first-order valence-electron chi connectivity index (χ1n) is 6.56. The molecule has 2 aliphatic rings. The molecule has 1 fully saturated rings. The van der Waals surface area contributed by atoms with Gasteiger partial charge in [0.1, 0.15) is 0 Å². The molecule has 0 unspecified atom stereocenters. The summed E-state index contributed by atoms with van der Waals surface area (Å²) >= 11 is 3.57. The van der Waals surface area contributed by atoms with E-state index in [0.717, 1.165) is 35.2 Å². The second-order valence-electron chi connectivity index (χ2n) is 5.17. The van der Waals surface area contributed by atoms with Gasteiger partial charge in [0.2, 0.25) is 6.79 Å². The van der Waals surface area contributed by atoms with E-state index in [1.165, 1.54) is 24.0 Å². The number of benzene rings is 1. The standard InChI is InChI=1S/C14H18BrNO2/c1-2-9-10(14(16)5-3-4-6-14)7-11(15)13-12(9)17-8-18-13/h7H,2-6,8,16H2,1H3. The van der Waals surface area contributed by atoms with Crippen LogP contribution in [0.15, 0.2) is 10.5 Å². The SMILES string of the molecule is CCc1c(C2(N)CCCC2)cc(Br)c2c1OCO2. The van der Waals surface area contributed by atoms with E-state index < -0.39 is 0 Å². The third-order valence-electron chi connectivity index (χ3n) is 4.09. The zero-order chi connectivity index (χ0) is 12.8. The molecule has 1 aliphatic carbocycles. The van der Waals surface area contributed by atoms with Crippen LogP contribution in [0, 0.1) is 0 Å². The zero-order valence-electron chi connectivity index (χ0n) is 10.6. The van der Waals surface area contributed by atoms with Gasteiger partial charge in [-0.3, -0.25) is 0 Å². The Balaban J connectivity index is 2.17. The Kier molecular flexibility index (Phi) is 3.02. The number of ether oxygens (including phenoxy) is 2. The van der Waals surface area contributed by atoms with E-state index in [4.69, 9.17) is 15.2 Å². The fourth-order valence-electron chi connectivity index (χ4n) is 3.15. The van der Waals surface area contributed by atoms with Crippen molar-refractivity contribution in [3.63, 3.8) is 0 Å². The Morgan fingerprint density at radius 2 is 1.94 bits per heavy atom. The van der Waals surface area contributed by atoms with Gasteiger partial charge in [0.15, 0.2) is 11.5 Å². The van der Waals surface area contributed by atoms with Crippen molar-refractivity contribution >= 4 is 15.9 Å². The largest absolute Gasteiger partial charge is 0.453 e. The molecule has 3 rings (SSSR count). The topological polar surface area (TPSA) is 44.5 Å². The minimum Gasteiger partial charge on any atom is -0.453 e. The van der Waals surface area contributed by atoms with Gasteiger partial charge in [-0.25, -0.2) is 0 Å². The van der Waals surface area contributed by atoms with Gasteiger partial charge in [-0.1, -0.05) is 19.8 Å². The van der Waals surface area contributed by atoms with Crippen LogP contribution in [0.5, 0.6) is 11.5 Å². The summed E-state index contributed by atoms with van der Waals surface area (Å²) < 4.78 is 12.1. The van der Waals surface area contributed by atoms with E-state index in [9.17, 15) is 0 Å². The van der Waals surface area contributed by atoms with Crippen molar-refractivity contribution in [1.29, 1.82) is 0 Å². The van der Waals surface area contributed by atoms with Crippen molar-refractivity contribution in [2.24, 2.45) is 5.73 Å². The van der Waals surface area contributed by atoms with Crippen LogP contribution in [0.4, 0.5) is 0 Å².